The Kier molecular flexibility index (Phi) is 3.65. The Hall–Kier alpha value is -2.37. The Morgan fingerprint density at radius 3 is 2.69 bits per heavy atom. The van der Waals surface area contributed by atoms with Gasteiger partial charge in [0.1, 0.15) is 11.5 Å². The lowest BCUT2D eigenvalue weighted by molar-refractivity contribution is -0.189. The topological polar surface area (TPSA) is 43.4 Å². The van der Waals surface area contributed by atoms with Crippen LogP contribution in [0.3, 0.4) is 0 Å². The molecule has 3 nitrogen and oxygen atoms in total. The van der Waals surface area contributed by atoms with E-state index >= 15 is 0 Å². The van der Waals surface area contributed by atoms with Gasteiger partial charge >= 0.3 is 12.1 Å². The van der Waals surface area contributed by atoms with Gasteiger partial charge in [-0.2, -0.15) is 13.2 Å². The van der Waals surface area contributed by atoms with Crippen LogP contribution < -0.4 is 4.74 Å². The van der Waals surface area contributed by atoms with Gasteiger partial charge in [0.05, 0.1) is 0 Å². The van der Waals surface area contributed by atoms with Crippen LogP contribution in [0.1, 0.15) is 43.2 Å². The third-order valence-corrected chi connectivity index (χ3v) is 5.92. The molecule has 6 heteroatoms. The van der Waals surface area contributed by atoms with E-state index in [1.54, 1.807) is 6.07 Å². The number of carbonyl (C=O) groups is 2. The van der Waals surface area contributed by atoms with Crippen molar-refractivity contribution in [1.82, 2.24) is 0 Å². The number of carbonyl (C=O) groups excluding carboxylic acids is 2. The first-order chi connectivity index (χ1) is 12.2. The minimum atomic E-state index is -5.02. The van der Waals surface area contributed by atoms with Crippen LogP contribution in [0.4, 0.5) is 13.2 Å². The first-order valence-electron chi connectivity index (χ1n) is 8.58. The van der Waals surface area contributed by atoms with Gasteiger partial charge in [-0.15, -0.1) is 0 Å². The molecule has 0 aliphatic heterocycles. The highest BCUT2D eigenvalue weighted by atomic mass is 19.4. The Balaban J connectivity index is 1.73. The fourth-order valence-corrected chi connectivity index (χ4v) is 4.49. The monoisotopic (exact) mass is 362 g/mol. The maximum atomic E-state index is 12.4. The number of esters is 1. The number of Topliss-reactive ketones (excluding diaryl/α,β-unsaturated/α-hetero) is 1. The number of halogens is 3. The van der Waals surface area contributed by atoms with E-state index in [2.05, 4.69) is 4.74 Å². The Bertz CT molecular complexity index is 932. The van der Waals surface area contributed by atoms with Crippen molar-refractivity contribution in [1.29, 1.82) is 0 Å². The van der Waals surface area contributed by atoms with Crippen molar-refractivity contribution in [3.63, 3.8) is 0 Å². The number of ether oxygens (including phenoxy) is 1. The standard InChI is InChI=1S/C20H17F3O3/c1-19-9-8-14-13-5-3-12(26-18(25)20(21,22)23)10-11(13)2-4-15(14)16(19)6-7-17(19)24/h2-5,10,16H,6-9H2,1H3/t16-,19-/m0/s1. The first-order valence-corrected chi connectivity index (χ1v) is 8.58. The van der Waals surface area contributed by atoms with Crippen LogP contribution in [0.25, 0.3) is 10.8 Å². The molecular weight excluding hydrogens is 345 g/mol. The Morgan fingerprint density at radius 2 is 1.96 bits per heavy atom. The highest BCUT2D eigenvalue weighted by Gasteiger charge is 2.49. The molecule has 26 heavy (non-hydrogen) atoms. The third-order valence-electron chi connectivity index (χ3n) is 5.92. The lowest BCUT2D eigenvalue weighted by atomic mass is 9.66. The average molecular weight is 362 g/mol. The van der Waals surface area contributed by atoms with Gasteiger partial charge in [0.15, 0.2) is 0 Å². The quantitative estimate of drug-likeness (QED) is 0.545. The molecule has 1 fully saturated rings. The highest BCUT2D eigenvalue weighted by Crippen LogP contribution is 2.54. The number of hydrogen-bond acceptors (Lipinski definition) is 3. The predicted octanol–water partition coefficient (Wildman–Crippen LogP) is 4.71. The van der Waals surface area contributed by atoms with Gasteiger partial charge in [0.2, 0.25) is 0 Å². The van der Waals surface area contributed by atoms with E-state index in [-0.39, 0.29) is 17.1 Å². The molecule has 0 amide bonds. The molecule has 2 aliphatic carbocycles. The van der Waals surface area contributed by atoms with E-state index in [1.807, 2.05) is 19.1 Å². The molecule has 0 heterocycles. The number of fused-ring (bicyclic) bond motifs is 5. The molecule has 4 rings (SSSR count). The number of rotatable bonds is 1. The van der Waals surface area contributed by atoms with E-state index in [4.69, 9.17) is 0 Å². The molecule has 0 bridgehead atoms. The van der Waals surface area contributed by atoms with Crippen molar-refractivity contribution in [3.05, 3.63) is 41.5 Å². The van der Waals surface area contributed by atoms with Crippen LogP contribution in [0.2, 0.25) is 0 Å². The summed E-state index contributed by atoms with van der Waals surface area (Å²) >= 11 is 0. The minimum absolute atomic E-state index is 0.128. The Labute approximate surface area is 148 Å². The fourth-order valence-electron chi connectivity index (χ4n) is 4.49. The largest absolute Gasteiger partial charge is 0.491 e. The van der Waals surface area contributed by atoms with Gasteiger partial charge in [0.25, 0.3) is 0 Å². The van der Waals surface area contributed by atoms with Crippen molar-refractivity contribution < 1.29 is 27.5 Å². The van der Waals surface area contributed by atoms with Gasteiger partial charge in [-0.25, -0.2) is 4.79 Å². The second-order valence-electron chi connectivity index (χ2n) is 7.34. The number of aryl methyl sites for hydroxylation is 1. The van der Waals surface area contributed by atoms with Gasteiger partial charge in [0, 0.05) is 11.8 Å². The zero-order chi connectivity index (χ0) is 18.7. The molecule has 0 aromatic heterocycles. The van der Waals surface area contributed by atoms with Crippen molar-refractivity contribution >= 4 is 22.5 Å². The van der Waals surface area contributed by atoms with Crippen molar-refractivity contribution in [2.75, 3.05) is 0 Å². The number of benzene rings is 2. The van der Waals surface area contributed by atoms with Gasteiger partial charge in [-0.1, -0.05) is 25.1 Å². The molecule has 2 aromatic rings. The molecule has 0 saturated heterocycles. The van der Waals surface area contributed by atoms with Gasteiger partial charge in [-0.3, -0.25) is 4.79 Å². The summed E-state index contributed by atoms with van der Waals surface area (Å²) in [6.45, 7) is 2.04. The summed E-state index contributed by atoms with van der Waals surface area (Å²) in [7, 11) is 0. The highest BCUT2D eigenvalue weighted by molar-refractivity contribution is 5.92. The molecule has 0 radical (unpaired) electrons. The zero-order valence-corrected chi connectivity index (χ0v) is 14.2. The normalized spacial score (nSPS) is 25.1. The average Bonchev–Trinajstić information content (AvgIpc) is 2.89. The molecule has 0 N–H and O–H groups in total. The second kappa shape index (κ2) is 5.56. The van der Waals surface area contributed by atoms with Crippen LogP contribution in [0.15, 0.2) is 30.3 Å². The molecule has 1 saturated carbocycles. The third kappa shape index (κ3) is 2.50. The van der Waals surface area contributed by atoms with Crippen LogP contribution in [-0.4, -0.2) is 17.9 Å². The van der Waals surface area contributed by atoms with Gasteiger partial charge < -0.3 is 4.74 Å². The summed E-state index contributed by atoms with van der Waals surface area (Å²) in [5.74, 6) is -1.83. The van der Waals surface area contributed by atoms with Crippen molar-refractivity contribution in [3.8, 4) is 5.75 Å². The van der Waals surface area contributed by atoms with Crippen LogP contribution in [0.5, 0.6) is 5.75 Å². The van der Waals surface area contributed by atoms with E-state index < -0.39 is 12.1 Å². The van der Waals surface area contributed by atoms with Gasteiger partial charge in [-0.05, 0) is 59.2 Å². The van der Waals surface area contributed by atoms with Crippen LogP contribution >= 0.6 is 0 Å². The van der Waals surface area contributed by atoms with Crippen LogP contribution in [-0.2, 0) is 16.0 Å². The smallest absolute Gasteiger partial charge is 0.420 e. The molecule has 0 spiro atoms. The molecule has 2 atom stereocenters. The van der Waals surface area contributed by atoms with E-state index in [1.165, 1.54) is 12.1 Å². The fraction of sp³-hybridized carbons (Fsp3) is 0.400. The molecule has 2 aliphatic rings. The summed E-state index contributed by atoms with van der Waals surface area (Å²) in [5.41, 5.74) is 2.01. The van der Waals surface area contributed by atoms with E-state index in [9.17, 15) is 22.8 Å². The molecular formula is C20H17F3O3. The number of alkyl halides is 3. The summed E-state index contributed by atoms with van der Waals surface area (Å²) in [4.78, 5) is 23.3. The number of ketones is 1. The minimum Gasteiger partial charge on any atom is -0.420 e. The summed E-state index contributed by atoms with van der Waals surface area (Å²) in [5, 5.41) is 1.67. The zero-order valence-electron chi connectivity index (χ0n) is 14.2. The predicted molar refractivity (Wildman–Crippen MR) is 89.0 cm³/mol. The SMILES string of the molecule is C[C@]12CCc3c(ccc4cc(OC(=O)C(F)(F)F)ccc34)[C@@H]1CCC2=O. The van der Waals surface area contributed by atoms with E-state index in [0.717, 1.165) is 41.2 Å². The maximum absolute atomic E-state index is 12.4. The Morgan fingerprint density at radius 1 is 1.19 bits per heavy atom. The summed E-state index contributed by atoms with van der Waals surface area (Å²) in [6.07, 6.45) is -2.04. The van der Waals surface area contributed by atoms with Crippen molar-refractivity contribution in [2.45, 2.75) is 44.7 Å². The lowest BCUT2D eigenvalue weighted by Gasteiger charge is -2.37. The van der Waals surface area contributed by atoms with E-state index in [0.29, 0.717) is 12.2 Å². The molecule has 0 unspecified atom stereocenters. The molecule has 2 aromatic carbocycles. The lowest BCUT2D eigenvalue weighted by Crippen LogP contribution is -2.32. The summed E-state index contributed by atoms with van der Waals surface area (Å²) in [6, 6.07) is 8.33. The number of hydrogen-bond donors (Lipinski definition) is 0. The first kappa shape index (κ1) is 17.1. The maximum Gasteiger partial charge on any atom is 0.491 e. The van der Waals surface area contributed by atoms with Crippen molar-refractivity contribution in [2.24, 2.45) is 5.41 Å². The van der Waals surface area contributed by atoms with Crippen LogP contribution in [0, 0.1) is 5.41 Å². The molecule has 136 valence electrons. The second-order valence-corrected chi connectivity index (χ2v) is 7.34. The summed E-state index contributed by atoms with van der Waals surface area (Å²) < 4.78 is 41.5.